The summed E-state index contributed by atoms with van der Waals surface area (Å²) in [6.45, 7) is 5.43. The van der Waals surface area contributed by atoms with E-state index < -0.39 is 0 Å². The van der Waals surface area contributed by atoms with Gasteiger partial charge in [-0.15, -0.1) is 22.7 Å². The molecule has 0 aliphatic carbocycles. The van der Waals surface area contributed by atoms with Gasteiger partial charge in [0, 0.05) is 18.8 Å². The molecule has 0 amide bonds. The monoisotopic (exact) mass is 561 g/mol. The van der Waals surface area contributed by atoms with Crippen LogP contribution in [0.1, 0.15) is 22.5 Å². The van der Waals surface area contributed by atoms with Gasteiger partial charge in [0.15, 0.2) is 0 Å². The summed E-state index contributed by atoms with van der Waals surface area (Å²) in [5.74, 6) is 1.62. The normalized spacial score (nSPS) is 15.9. The van der Waals surface area contributed by atoms with Crippen molar-refractivity contribution in [1.82, 2.24) is 9.97 Å². The van der Waals surface area contributed by atoms with E-state index in [9.17, 15) is 0 Å². The molecule has 198 valence electrons. The van der Waals surface area contributed by atoms with Crippen LogP contribution in [0.4, 0.5) is 5.69 Å². The molecular weight excluding hydrogens is 535 g/mol. The molecule has 0 saturated carbocycles. The second-order valence-corrected chi connectivity index (χ2v) is 11.8. The largest absolute Gasteiger partial charge is 0.462 e. The molecule has 0 radical (unpaired) electrons. The van der Waals surface area contributed by atoms with Crippen molar-refractivity contribution in [2.24, 2.45) is 0 Å². The van der Waals surface area contributed by atoms with E-state index in [2.05, 4.69) is 83.8 Å². The summed E-state index contributed by atoms with van der Waals surface area (Å²) in [6, 6.07) is 25.2. The molecule has 0 unspecified atom stereocenters. The van der Waals surface area contributed by atoms with Crippen molar-refractivity contribution in [3.63, 3.8) is 0 Å². The molecule has 4 heterocycles. The maximum Gasteiger partial charge on any atom is 0.128 e. The molecule has 0 bridgehead atoms. The Morgan fingerprint density at radius 3 is 2.02 bits per heavy atom. The Morgan fingerprint density at radius 1 is 0.775 bits per heavy atom. The van der Waals surface area contributed by atoms with Gasteiger partial charge < -0.3 is 14.4 Å². The lowest BCUT2D eigenvalue weighted by Crippen LogP contribution is -2.36. The van der Waals surface area contributed by atoms with Gasteiger partial charge in [0.1, 0.15) is 21.5 Å². The third-order valence-electron chi connectivity index (χ3n) is 6.95. The molecule has 1 fully saturated rings. The highest BCUT2D eigenvalue weighted by Gasteiger charge is 2.21. The first-order chi connectivity index (χ1) is 19.7. The Balaban J connectivity index is 1.27. The Labute approximate surface area is 241 Å². The van der Waals surface area contributed by atoms with Crippen molar-refractivity contribution >= 4 is 60.4 Å². The molecule has 0 spiro atoms. The van der Waals surface area contributed by atoms with Crippen LogP contribution in [0.15, 0.2) is 108 Å². The second kappa shape index (κ2) is 10.8. The first kappa shape index (κ1) is 25.0. The van der Waals surface area contributed by atoms with Crippen LogP contribution in [-0.4, -0.2) is 36.3 Å². The summed E-state index contributed by atoms with van der Waals surface area (Å²) in [5.41, 5.74) is 6.43. The number of allylic oxidation sites excluding steroid dienone is 5. The van der Waals surface area contributed by atoms with Gasteiger partial charge in [-0.05, 0) is 72.7 Å². The van der Waals surface area contributed by atoms with Crippen molar-refractivity contribution in [3.8, 4) is 0 Å². The number of rotatable bonds is 5. The topological polar surface area (TPSA) is 47.5 Å². The number of thiazole rings is 2. The average Bonchev–Trinajstić information content (AvgIpc) is 3.61. The lowest BCUT2D eigenvalue weighted by atomic mass is 10.0. The van der Waals surface area contributed by atoms with E-state index in [1.807, 2.05) is 25.1 Å². The average molecular weight is 562 g/mol. The first-order valence-electron chi connectivity index (χ1n) is 13.3. The van der Waals surface area contributed by atoms with E-state index in [1.54, 1.807) is 22.7 Å². The number of aromatic nitrogens is 2. The molecule has 2 aliphatic rings. The van der Waals surface area contributed by atoms with E-state index >= 15 is 0 Å². The first-order valence-corrected chi connectivity index (χ1v) is 15.0. The fourth-order valence-corrected chi connectivity index (χ4v) is 7.11. The molecule has 0 N–H and O–H groups in total. The van der Waals surface area contributed by atoms with E-state index in [0.717, 1.165) is 85.0 Å². The van der Waals surface area contributed by atoms with Crippen LogP contribution < -0.4 is 4.90 Å². The van der Waals surface area contributed by atoms with Crippen LogP contribution in [0.5, 0.6) is 0 Å². The fraction of sp³-hybridized carbons (Fsp3) is 0.152. The van der Waals surface area contributed by atoms with Gasteiger partial charge in [-0.25, -0.2) is 9.97 Å². The summed E-state index contributed by atoms with van der Waals surface area (Å²) in [5, 5.41) is 1.92. The zero-order valence-corrected chi connectivity index (χ0v) is 23.7. The predicted octanol–water partition coefficient (Wildman–Crippen LogP) is 8.08. The van der Waals surface area contributed by atoms with Crippen LogP contribution in [0.3, 0.4) is 0 Å². The summed E-state index contributed by atoms with van der Waals surface area (Å²) in [4.78, 5) is 12.4. The minimum atomic E-state index is 0.784. The van der Waals surface area contributed by atoms with Gasteiger partial charge in [0.2, 0.25) is 0 Å². The highest BCUT2D eigenvalue weighted by molar-refractivity contribution is 7.22. The molecule has 5 aromatic rings. The number of anilines is 1. The molecule has 2 aliphatic heterocycles. The number of morpholine rings is 1. The molecule has 7 heteroatoms. The van der Waals surface area contributed by atoms with Crippen molar-refractivity contribution < 1.29 is 9.47 Å². The lowest BCUT2D eigenvalue weighted by Gasteiger charge is -2.28. The molecule has 3 aromatic carbocycles. The Hall–Kier alpha value is -4.04. The fourth-order valence-electron chi connectivity index (χ4n) is 4.98. The van der Waals surface area contributed by atoms with Gasteiger partial charge >= 0.3 is 0 Å². The number of ether oxygens (including phenoxy) is 2. The van der Waals surface area contributed by atoms with Crippen LogP contribution in [-0.2, 0) is 9.47 Å². The third-order valence-corrected chi connectivity index (χ3v) is 9.06. The van der Waals surface area contributed by atoms with Crippen LogP contribution in [0.2, 0.25) is 0 Å². The zero-order chi connectivity index (χ0) is 26.9. The molecule has 5 nitrogen and oxygen atoms in total. The second-order valence-electron chi connectivity index (χ2n) is 9.73. The SMILES string of the molecule is CC1=CC(=C(c2nc3ccccc3s2)c2nc3ccccc3s2)C=C(/C=C/c2ccc(N3CCOCC3)cc2)O1. The van der Waals surface area contributed by atoms with Gasteiger partial charge in [-0.2, -0.15) is 0 Å². The minimum absolute atomic E-state index is 0.784. The van der Waals surface area contributed by atoms with Crippen LogP contribution in [0.25, 0.3) is 32.1 Å². The summed E-state index contributed by atoms with van der Waals surface area (Å²) < 4.78 is 13.9. The van der Waals surface area contributed by atoms with Crippen molar-refractivity contribution in [2.75, 3.05) is 31.2 Å². The molecule has 0 atom stereocenters. The minimum Gasteiger partial charge on any atom is -0.462 e. The van der Waals surface area contributed by atoms with Gasteiger partial charge in [-0.1, -0.05) is 42.5 Å². The van der Waals surface area contributed by atoms with Crippen molar-refractivity contribution in [2.45, 2.75) is 6.92 Å². The number of hydrogen-bond donors (Lipinski definition) is 0. The summed E-state index contributed by atoms with van der Waals surface area (Å²) >= 11 is 3.40. The van der Waals surface area contributed by atoms with Crippen molar-refractivity contribution in [3.05, 3.63) is 124 Å². The number of benzene rings is 3. The summed E-state index contributed by atoms with van der Waals surface area (Å²) in [7, 11) is 0. The maximum atomic E-state index is 6.14. The van der Waals surface area contributed by atoms with E-state index in [-0.39, 0.29) is 0 Å². The predicted molar refractivity (Wildman–Crippen MR) is 167 cm³/mol. The lowest BCUT2D eigenvalue weighted by molar-refractivity contribution is 0.122. The van der Waals surface area contributed by atoms with Gasteiger partial charge in [0.05, 0.1) is 39.2 Å². The quantitative estimate of drug-likeness (QED) is 0.217. The molecule has 7 rings (SSSR count). The van der Waals surface area contributed by atoms with E-state index in [0.29, 0.717) is 0 Å². The smallest absolute Gasteiger partial charge is 0.128 e. The van der Waals surface area contributed by atoms with Crippen LogP contribution >= 0.6 is 22.7 Å². The number of para-hydroxylation sites is 2. The Morgan fingerprint density at radius 2 is 1.40 bits per heavy atom. The van der Waals surface area contributed by atoms with Gasteiger partial charge in [0.25, 0.3) is 0 Å². The Kier molecular flexibility index (Phi) is 6.77. The molecule has 1 saturated heterocycles. The maximum absolute atomic E-state index is 6.14. The summed E-state index contributed by atoms with van der Waals surface area (Å²) in [6.07, 6.45) is 8.32. The van der Waals surface area contributed by atoms with Crippen molar-refractivity contribution in [1.29, 1.82) is 0 Å². The van der Waals surface area contributed by atoms with Crippen LogP contribution in [0, 0.1) is 0 Å². The number of hydrogen-bond acceptors (Lipinski definition) is 7. The molecular formula is C33H27N3O2S2. The molecule has 40 heavy (non-hydrogen) atoms. The highest BCUT2D eigenvalue weighted by atomic mass is 32.1. The number of nitrogens with zero attached hydrogens (tertiary/aromatic N) is 3. The van der Waals surface area contributed by atoms with Gasteiger partial charge in [-0.3, -0.25) is 0 Å². The van der Waals surface area contributed by atoms with E-state index in [1.165, 1.54) is 5.69 Å². The number of fused-ring (bicyclic) bond motifs is 2. The zero-order valence-electron chi connectivity index (χ0n) is 22.0. The standard InChI is InChI=1S/C33H27N3O2S2/c1-22-20-24(21-26(38-22)15-12-23-10-13-25(14-11-23)36-16-18-37-19-17-36)31(32-34-27-6-2-4-8-29(27)39-32)33-35-28-7-3-5-9-30(28)40-33/h2-15,20-21H,16-19H2,1H3/b15-12+. The highest BCUT2D eigenvalue weighted by Crippen LogP contribution is 2.39. The Bertz CT molecular complexity index is 1680. The van der Waals surface area contributed by atoms with E-state index in [4.69, 9.17) is 19.4 Å². The third kappa shape index (κ3) is 5.11. The molecule has 2 aromatic heterocycles.